The van der Waals surface area contributed by atoms with Crippen molar-refractivity contribution in [1.82, 2.24) is 4.98 Å². The van der Waals surface area contributed by atoms with E-state index in [-0.39, 0.29) is 0 Å². The third-order valence-electron chi connectivity index (χ3n) is 2.51. The Morgan fingerprint density at radius 2 is 2.14 bits per heavy atom. The number of anilines is 1. The zero-order valence-corrected chi connectivity index (χ0v) is 7.94. The van der Waals surface area contributed by atoms with Crippen molar-refractivity contribution in [2.75, 3.05) is 18.0 Å². The Balaban J connectivity index is 2.35. The van der Waals surface area contributed by atoms with Gasteiger partial charge in [-0.1, -0.05) is 0 Å². The summed E-state index contributed by atoms with van der Waals surface area (Å²) in [4.78, 5) is 17.2. The lowest BCUT2D eigenvalue weighted by Crippen LogP contribution is -2.23. The summed E-state index contributed by atoms with van der Waals surface area (Å²) < 4.78 is 0. The maximum Gasteiger partial charge on any atom is 0.252 e. The molecule has 2 N–H and O–H groups in total. The molecule has 2 heterocycles. The Morgan fingerprint density at radius 1 is 1.43 bits per heavy atom. The molecule has 1 aliphatic rings. The van der Waals surface area contributed by atoms with Crippen LogP contribution in [0.2, 0.25) is 0 Å². The van der Waals surface area contributed by atoms with Crippen molar-refractivity contribution in [1.29, 1.82) is 0 Å². The van der Waals surface area contributed by atoms with Crippen molar-refractivity contribution < 1.29 is 4.79 Å². The number of rotatable bonds is 2. The van der Waals surface area contributed by atoms with Gasteiger partial charge in [-0.05, 0) is 18.9 Å². The van der Waals surface area contributed by atoms with E-state index in [1.807, 2.05) is 6.07 Å². The van der Waals surface area contributed by atoms with E-state index in [2.05, 4.69) is 9.88 Å². The lowest BCUT2D eigenvalue weighted by Gasteiger charge is -2.19. The molecule has 0 bridgehead atoms. The Labute approximate surface area is 82.7 Å². The van der Waals surface area contributed by atoms with Gasteiger partial charge in [-0.2, -0.15) is 0 Å². The molecule has 1 aromatic rings. The number of carbonyl (C=O) groups is 1. The zero-order chi connectivity index (χ0) is 9.97. The van der Waals surface area contributed by atoms with Crippen LogP contribution in [0.1, 0.15) is 23.2 Å². The van der Waals surface area contributed by atoms with Gasteiger partial charge in [-0.25, -0.2) is 0 Å². The summed E-state index contributed by atoms with van der Waals surface area (Å²) in [5.74, 6) is -0.403. The summed E-state index contributed by atoms with van der Waals surface area (Å²) >= 11 is 0. The number of amides is 1. The molecule has 1 aromatic heterocycles. The summed E-state index contributed by atoms with van der Waals surface area (Å²) in [7, 11) is 0. The second-order valence-corrected chi connectivity index (χ2v) is 3.45. The summed E-state index contributed by atoms with van der Waals surface area (Å²) in [5.41, 5.74) is 6.72. The molecule has 0 aliphatic carbocycles. The minimum Gasteiger partial charge on any atom is -0.371 e. The molecular weight excluding hydrogens is 178 g/mol. The normalized spacial score (nSPS) is 15.9. The number of pyridine rings is 1. The molecule has 1 saturated heterocycles. The number of primary amides is 1. The highest BCUT2D eigenvalue weighted by molar-refractivity contribution is 5.98. The molecule has 2 rings (SSSR count). The Morgan fingerprint density at radius 3 is 2.79 bits per heavy atom. The van der Waals surface area contributed by atoms with E-state index in [0.717, 1.165) is 18.8 Å². The average Bonchev–Trinajstić information content (AvgIpc) is 2.70. The highest BCUT2D eigenvalue weighted by atomic mass is 16.1. The highest BCUT2D eigenvalue weighted by Gasteiger charge is 2.17. The number of nitrogens with zero attached hydrogens (tertiary/aromatic N) is 2. The predicted octanol–water partition coefficient (Wildman–Crippen LogP) is 0.781. The first-order valence-corrected chi connectivity index (χ1v) is 4.78. The van der Waals surface area contributed by atoms with Crippen molar-refractivity contribution in [2.45, 2.75) is 12.8 Å². The van der Waals surface area contributed by atoms with Gasteiger partial charge in [0.1, 0.15) is 0 Å². The Hall–Kier alpha value is -1.58. The molecule has 1 fully saturated rings. The molecule has 1 amide bonds. The van der Waals surface area contributed by atoms with Crippen molar-refractivity contribution in [2.24, 2.45) is 5.73 Å². The molecule has 0 spiro atoms. The first-order valence-electron chi connectivity index (χ1n) is 4.78. The van der Waals surface area contributed by atoms with Crippen LogP contribution in [0.3, 0.4) is 0 Å². The van der Waals surface area contributed by atoms with Crippen LogP contribution in [-0.4, -0.2) is 24.0 Å². The maximum atomic E-state index is 11.1. The molecule has 0 radical (unpaired) electrons. The molecule has 0 aromatic carbocycles. The fourth-order valence-electron chi connectivity index (χ4n) is 1.81. The molecule has 0 saturated carbocycles. The molecule has 74 valence electrons. The summed E-state index contributed by atoms with van der Waals surface area (Å²) in [5, 5.41) is 0. The SMILES string of the molecule is NC(=O)c1cnccc1N1CCCC1. The van der Waals surface area contributed by atoms with Crippen molar-refractivity contribution in [3.05, 3.63) is 24.0 Å². The highest BCUT2D eigenvalue weighted by Crippen LogP contribution is 2.22. The maximum absolute atomic E-state index is 11.1. The first kappa shape index (κ1) is 8.99. The van der Waals surface area contributed by atoms with Crippen LogP contribution >= 0.6 is 0 Å². The molecule has 0 atom stereocenters. The smallest absolute Gasteiger partial charge is 0.252 e. The minimum absolute atomic E-state index is 0.403. The van der Waals surface area contributed by atoms with Crippen LogP contribution in [0.5, 0.6) is 0 Å². The third kappa shape index (κ3) is 1.55. The van der Waals surface area contributed by atoms with Gasteiger partial charge in [0, 0.05) is 25.5 Å². The molecule has 4 heteroatoms. The van der Waals surface area contributed by atoms with Gasteiger partial charge in [0.25, 0.3) is 5.91 Å². The minimum atomic E-state index is -0.403. The lowest BCUT2D eigenvalue weighted by molar-refractivity contribution is 0.100. The number of aromatic nitrogens is 1. The van der Waals surface area contributed by atoms with E-state index in [1.165, 1.54) is 19.0 Å². The summed E-state index contributed by atoms with van der Waals surface area (Å²) in [6.45, 7) is 2.01. The topological polar surface area (TPSA) is 59.2 Å². The van der Waals surface area contributed by atoms with Crippen molar-refractivity contribution in [3.8, 4) is 0 Å². The second-order valence-electron chi connectivity index (χ2n) is 3.45. The third-order valence-corrected chi connectivity index (χ3v) is 2.51. The number of carbonyl (C=O) groups excluding carboxylic acids is 1. The van der Waals surface area contributed by atoms with Gasteiger partial charge >= 0.3 is 0 Å². The average molecular weight is 191 g/mol. The van der Waals surface area contributed by atoms with Crippen LogP contribution in [0.15, 0.2) is 18.5 Å². The predicted molar refractivity (Wildman–Crippen MR) is 54.2 cm³/mol. The lowest BCUT2D eigenvalue weighted by atomic mass is 10.2. The van der Waals surface area contributed by atoms with Gasteiger partial charge < -0.3 is 10.6 Å². The molecule has 1 aliphatic heterocycles. The van der Waals surface area contributed by atoms with Gasteiger partial charge in [0.2, 0.25) is 0 Å². The van der Waals surface area contributed by atoms with E-state index in [1.54, 1.807) is 6.20 Å². The van der Waals surface area contributed by atoms with Crippen LogP contribution in [0.25, 0.3) is 0 Å². The van der Waals surface area contributed by atoms with E-state index in [9.17, 15) is 4.79 Å². The molecule has 4 nitrogen and oxygen atoms in total. The van der Waals surface area contributed by atoms with Crippen LogP contribution in [0, 0.1) is 0 Å². The Kier molecular flexibility index (Phi) is 2.35. The van der Waals surface area contributed by atoms with E-state index < -0.39 is 5.91 Å². The standard InChI is InChI=1S/C10H13N3O/c11-10(14)8-7-12-4-3-9(8)13-5-1-2-6-13/h3-4,7H,1-2,5-6H2,(H2,11,14). The van der Waals surface area contributed by atoms with Gasteiger partial charge in [-0.3, -0.25) is 9.78 Å². The first-order chi connectivity index (χ1) is 6.79. The fourth-order valence-corrected chi connectivity index (χ4v) is 1.81. The van der Waals surface area contributed by atoms with Crippen LogP contribution < -0.4 is 10.6 Å². The monoisotopic (exact) mass is 191 g/mol. The molecule has 0 unspecified atom stereocenters. The fraction of sp³-hybridized carbons (Fsp3) is 0.400. The summed E-state index contributed by atoms with van der Waals surface area (Å²) in [6.07, 6.45) is 5.59. The van der Waals surface area contributed by atoms with Crippen molar-refractivity contribution in [3.63, 3.8) is 0 Å². The molecule has 14 heavy (non-hydrogen) atoms. The quantitative estimate of drug-likeness (QED) is 0.751. The number of hydrogen-bond acceptors (Lipinski definition) is 3. The van der Waals surface area contributed by atoms with Crippen LogP contribution in [-0.2, 0) is 0 Å². The van der Waals surface area contributed by atoms with E-state index in [0.29, 0.717) is 5.56 Å². The largest absolute Gasteiger partial charge is 0.371 e. The Bertz CT molecular complexity index is 345. The van der Waals surface area contributed by atoms with Crippen molar-refractivity contribution >= 4 is 11.6 Å². The van der Waals surface area contributed by atoms with E-state index in [4.69, 9.17) is 5.73 Å². The number of nitrogens with two attached hydrogens (primary N) is 1. The van der Waals surface area contributed by atoms with Gasteiger partial charge in [-0.15, -0.1) is 0 Å². The van der Waals surface area contributed by atoms with Crippen LogP contribution in [0.4, 0.5) is 5.69 Å². The summed E-state index contributed by atoms with van der Waals surface area (Å²) in [6, 6.07) is 1.85. The van der Waals surface area contributed by atoms with Gasteiger partial charge in [0.05, 0.1) is 11.3 Å². The van der Waals surface area contributed by atoms with Gasteiger partial charge in [0.15, 0.2) is 0 Å². The zero-order valence-electron chi connectivity index (χ0n) is 7.94. The second kappa shape index (κ2) is 3.65. The number of hydrogen-bond donors (Lipinski definition) is 1. The molecular formula is C10H13N3O. The van der Waals surface area contributed by atoms with E-state index >= 15 is 0 Å².